The van der Waals surface area contributed by atoms with Crippen LogP contribution in [-0.4, -0.2) is 5.11 Å². The lowest BCUT2D eigenvalue weighted by Crippen LogP contribution is -2.18. The zero-order chi connectivity index (χ0) is 12.5. The Hall–Kier alpha value is -1.23. The summed E-state index contributed by atoms with van der Waals surface area (Å²) in [4.78, 5) is 0. The van der Waals surface area contributed by atoms with E-state index >= 15 is 0 Å². The summed E-state index contributed by atoms with van der Waals surface area (Å²) in [6.45, 7) is 3.56. The number of hydrogen-bond donors (Lipinski definition) is 2. The van der Waals surface area contributed by atoms with Crippen LogP contribution in [0.3, 0.4) is 0 Å². The van der Waals surface area contributed by atoms with E-state index in [1.54, 1.807) is 13.8 Å². The average molecular weight is 233 g/mol. The van der Waals surface area contributed by atoms with Gasteiger partial charge in [0.1, 0.15) is 5.75 Å². The molecule has 1 atom stereocenters. The first kappa shape index (κ1) is 12.8. The van der Waals surface area contributed by atoms with Crippen molar-refractivity contribution in [1.29, 1.82) is 0 Å². The number of alkyl halides is 3. The zero-order valence-electron chi connectivity index (χ0n) is 9.05. The standard InChI is InChI=1S/C11H14F3NO/c1-6(2)10(15)8-5-7(11(12,13)14)3-4-9(8)16/h3-6,10,16H,15H2,1-2H3. The highest BCUT2D eigenvalue weighted by atomic mass is 19.4. The van der Waals surface area contributed by atoms with Crippen LogP contribution in [0.25, 0.3) is 0 Å². The van der Waals surface area contributed by atoms with Gasteiger partial charge in [0.05, 0.1) is 5.56 Å². The van der Waals surface area contributed by atoms with Crippen molar-refractivity contribution in [2.24, 2.45) is 11.7 Å². The summed E-state index contributed by atoms with van der Waals surface area (Å²) in [5.74, 6) is -0.247. The number of phenolic OH excluding ortho intramolecular Hbond substituents is 1. The van der Waals surface area contributed by atoms with Gasteiger partial charge in [-0.05, 0) is 24.1 Å². The molecule has 0 saturated heterocycles. The largest absolute Gasteiger partial charge is 0.508 e. The third kappa shape index (κ3) is 2.66. The molecule has 0 radical (unpaired) electrons. The molecule has 90 valence electrons. The Balaban J connectivity index is 3.19. The Labute approximate surface area is 91.9 Å². The van der Waals surface area contributed by atoms with E-state index in [0.29, 0.717) is 0 Å². The lowest BCUT2D eigenvalue weighted by atomic mass is 9.94. The molecule has 5 heteroatoms. The Kier molecular flexibility index (Phi) is 3.48. The molecule has 0 aliphatic heterocycles. The van der Waals surface area contributed by atoms with Crippen molar-refractivity contribution in [2.45, 2.75) is 26.1 Å². The molecule has 0 heterocycles. The van der Waals surface area contributed by atoms with Crippen molar-refractivity contribution in [1.82, 2.24) is 0 Å². The summed E-state index contributed by atoms with van der Waals surface area (Å²) in [6, 6.07) is 2.16. The van der Waals surface area contributed by atoms with Crippen molar-refractivity contribution in [3.63, 3.8) is 0 Å². The number of halogens is 3. The average Bonchev–Trinajstić information content (AvgIpc) is 2.15. The SMILES string of the molecule is CC(C)C(N)c1cc(C(F)(F)F)ccc1O. The first-order chi connectivity index (χ1) is 7.23. The zero-order valence-corrected chi connectivity index (χ0v) is 9.05. The van der Waals surface area contributed by atoms with E-state index in [0.717, 1.165) is 18.2 Å². The molecule has 1 rings (SSSR count). The van der Waals surface area contributed by atoms with Crippen LogP contribution in [0, 0.1) is 5.92 Å². The highest BCUT2D eigenvalue weighted by Crippen LogP contribution is 2.35. The number of hydrogen-bond acceptors (Lipinski definition) is 2. The first-order valence-electron chi connectivity index (χ1n) is 4.89. The predicted molar refractivity (Wildman–Crippen MR) is 54.9 cm³/mol. The van der Waals surface area contributed by atoms with Gasteiger partial charge in [0.25, 0.3) is 0 Å². The Morgan fingerprint density at radius 2 is 1.81 bits per heavy atom. The van der Waals surface area contributed by atoms with E-state index in [2.05, 4.69) is 0 Å². The molecule has 1 aromatic carbocycles. The molecule has 1 unspecified atom stereocenters. The topological polar surface area (TPSA) is 46.2 Å². The van der Waals surface area contributed by atoms with Crippen LogP contribution in [0.2, 0.25) is 0 Å². The van der Waals surface area contributed by atoms with Crippen molar-refractivity contribution < 1.29 is 18.3 Å². The van der Waals surface area contributed by atoms with Crippen molar-refractivity contribution in [3.8, 4) is 5.75 Å². The van der Waals surface area contributed by atoms with Gasteiger partial charge in [-0.25, -0.2) is 0 Å². The third-order valence-electron chi connectivity index (χ3n) is 2.43. The quantitative estimate of drug-likeness (QED) is 0.824. The molecule has 3 N–H and O–H groups in total. The molecular formula is C11H14F3NO. The summed E-state index contributed by atoms with van der Waals surface area (Å²) < 4.78 is 37.3. The number of nitrogens with two attached hydrogens (primary N) is 1. The van der Waals surface area contributed by atoms with Gasteiger partial charge >= 0.3 is 6.18 Å². The Morgan fingerprint density at radius 3 is 2.25 bits per heavy atom. The number of rotatable bonds is 2. The highest BCUT2D eigenvalue weighted by Gasteiger charge is 2.31. The molecule has 0 aromatic heterocycles. The fraction of sp³-hybridized carbons (Fsp3) is 0.455. The van der Waals surface area contributed by atoms with Gasteiger partial charge in [-0.15, -0.1) is 0 Å². The molecule has 0 bridgehead atoms. The summed E-state index contributed by atoms with van der Waals surface area (Å²) in [5.41, 5.74) is 5.06. The minimum Gasteiger partial charge on any atom is -0.508 e. The summed E-state index contributed by atoms with van der Waals surface area (Å²) in [5, 5.41) is 9.47. The van der Waals surface area contributed by atoms with Crippen molar-refractivity contribution >= 4 is 0 Å². The van der Waals surface area contributed by atoms with Gasteiger partial charge in [-0.3, -0.25) is 0 Å². The molecule has 0 fully saturated rings. The second-order valence-electron chi connectivity index (χ2n) is 4.04. The molecule has 0 aliphatic carbocycles. The summed E-state index contributed by atoms with van der Waals surface area (Å²) in [7, 11) is 0. The lowest BCUT2D eigenvalue weighted by Gasteiger charge is -2.18. The molecule has 1 aromatic rings. The van der Waals surface area contributed by atoms with E-state index in [1.807, 2.05) is 0 Å². The van der Waals surface area contributed by atoms with Gasteiger partial charge in [-0.2, -0.15) is 13.2 Å². The monoisotopic (exact) mass is 233 g/mol. The Bertz CT molecular complexity index is 374. The predicted octanol–water partition coefficient (Wildman–Crippen LogP) is 3.07. The molecule has 0 spiro atoms. The van der Waals surface area contributed by atoms with E-state index in [1.165, 1.54) is 0 Å². The highest BCUT2D eigenvalue weighted by molar-refractivity contribution is 5.39. The van der Waals surface area contributed by atoms with Crippen LogP contribution in [0.15, 0.2) is 18.2 Å². The van der Waals surface area contributed by atoms with Gasteiger partial charge < -0.3 is 10.8 Å². The normalized spacial score (nSPS) is 14.2. The first-order valence-corrected chi connectivity index (χ1v) is 4.89. The maximum atomic E-state index is 12.4. The van der Waals surface area contributed by atoms with Gasteiger partial charge in [-0.1, -0.05) is 13.8 Å². The molecule has 0 saturated carbocycles. The van der Waals surface area contributed by atoms with Crippen molar-refractivity contribution in [2.75, 3.05) is 0 Å². The molecule has 0 amide bonds. The summed E-state index contributed by atoms with van der Waals surface area (Å²) >= 11 is 0. The lowest BCUT2D eigenvalue weighted by molar-refractivity contribution is -0.137. The van der Waals surface area contributed by atoms with Gasteiger partial charge in [0.2, 0.25) is 0 Å². The maximum absolute atomic E-state index is 12.4. The molecular weight excluding hydrogens is 219 g/mol. The van der Waals surface area contributed by atoms with E-state index < -0.39 is 17.8 Å². The van der Waals surface area contributed by atoms with Crippen LogP contribution in [0.5, 0.6) is 5.75 Å². The fourth-order valence-electron chi connectivity index (χ4n) is 1.36. The van der Waals surface area contributed by atoms with Crippen LogP contribution >= 0.6 is 0 Å². The van der Waals surface area contributed by atoms with E-state index in [4.69, 9.17) is 5.73 Å². The number of aromatic hydroxyl groups is 1. The van der Waals surface area contributed by atoms with E-state index in [-0.39, 0.29) is 17.2 Å². The third-order valence-corrected chi connectivity index (χ3v) is 2.43. The Morgan fingerprint density at radius 1 is 1.25 bits per heavy atom. The molecule has 16 heavy (non-hydrogen) atoms. The van der Waals surface area contributed by atoms with Crippen LogP contribution in [-0.2, 0) is 6.18 Å². The second kappa shape index (κ2) is 4.33. The molecule has 2 nitrogen and oxygen atoms in total. The maximum Gasteiger partial charge on any atom is 0.416 e. The van der Waals surface area contributed by atoms with Crippen LogP contribution in [0.1, 0.15) is 31.0 Å². The van der Waals surface area contributed by atoms with Crippen molar-refractivity contribution in [3.05, 3.63) is 29.3 Å². The van der Waals surface area contributed by atoms with Crippen LogP contribution < -0.4 is 5.73 Å². The minimum absolute atomic E-state index is 0.0469. The molecule has 0 aliphatic rings. The number of benzene rings is 1. The summed E-state index contributed by atoms with van der Waals surface area (Å²) in [6.07, 6.45) is -4.42. The van der Waals surface area contributed by atoms with Crippen LogP contribution in [0.4, 0.5) is 13.2 Å². The smallest absolute Gasteiger partial charge is 0.416 e. The van der Waals surface area contributed by atoms with Gasteiger partial charge in [0.15, 0.2) is 0 Å². The second-order valence-corrected chi connectivity index (χ2v) is 4.04. The van der Waals surface area contributed by atoms with E-state index in [9.17, 15) is 18.3 Å². The van der Waals surface area contributed by atoms with Gasteiger partial charge in [0, 0.05) is 11.6 Å². The minimum atomic E-state index is -4.42. The number of phenols is 1. The fourth-order valence-corrected chi connectivity index (χ4v) is 1.36.